The zero-order chi connectivity index (χ0) is 15.1. The Balaban J connectivity index is 1.73. The maximum Gasteiger partial charge on any atom is 0.269 e. The second kappa shape index (κ2) is 5.06. The number of nitrogens with one attached hydrogen (secondary N) is 1. The number of nitrogens with zero attached hydrogens (tertiary/aromatic N) is 2. The van der Waals surface area contributed by atoms with Gasteiger partial charge in [0.2, 0.25) is 0 Å². The molecule has 110 valence electrons. The minimum absolute atomic E-state index is 0.237. The molecule has 6 heteroatoms. The predicted octanol–water partition coefficient (Wildman–Crippen LogP) is 3.01. The largest absolute Gasteiger partial charge is 0.397 e. The summed E-state index contributed by atoms with van der Waals surface area (Å²) in [6.45, 7) is 0. The van der Waals surface area contributed by atoms with Crippen LogP contribution in [-0.2, 0) is 12.8 Å². The van der Waals surface area contributed by atoms with Crippen LogP contribution in [0.15, 0.2) is 30.5 Å². The quantitative estimate of drug-likeness (QED) is 0.762. The van der Waals surface area contributed by atoms with Crippen LogP contribution in [-0.4, -0.2) is 15.9 Å². The maximum atomic E-state index is 12.4. The molecule has 0 fully saturated rings. The van der Waals surface area contributed by atoms with Crippen LogP contribution in [0.5, 0.6) is 0 Å². The van der Waals surface area contributed by atoms with Gasteiger partial charge < -0.3 is 11.1 Å². The van der Waals surface area contributed by atoms with E-state index in [0.29, 0.717) is 16.4 Å². The molecule has 22 heavy (non-hydrogen) atoms. The summed E-state index contributed by atoms with van der Waals surface area (Å²) in [6, 6.07) is 7.46. The molecular formula is C16H14N4OS. The van der Waals surface area contributed by atoms with Crippen molar-refractivity contribution in [3.8, 4) is 0 Å². The first-order chi connectivity index (χ1) is 10.7. The van der Waals surface area contributed by atoms with Crippen molar-refractivity contribution in [2.45, 2.75) is 19.3 Å². The summed E-state index contributed by atoms with van der Waals surface area (Å²) in [6.07, 6.45) is 4.84. The molecule has 3 aromatic rings. The van der Waals surface area contributed by atoms with E-state index in [1.165, 1.54) is 16.9 Å². The van der Waals surface area contributed by atoms with Crippen molar-refractivity contribution in [1.82, 2.24) is 9.97 Å². The number of rotatable bonds is 2. The Hall–Kier alpha value is -2.47. The smallest absolute Gasteiger partial charge is 0.269 e. The van der Waals surface area contributed by atoms with E-state index >= 15 is 0 Å². The van der Waals surface area contributed by atoms with E-state index in [1.54, 1.807) is 18.3 Å². The average molecular weight is 310 g/mol. The minimum atomic E-state index is -0.237. The van der Waals surface area contributed by atoms with Gasteiger partial charge in [-0.2, -0.15) is 0 Å². The highest BCUT2D eigenvalue weighted by Gasteiger charge is 2.21. The molecule has 0 atom stereocenters. The molecule has 1 aliphatic carbocycles. The van der Waals surface area contributed by atoms with Crippen LogP contribution in [0.25, 0.3) is 10.2 Å². The molecular weight excluding hydrogens is 296 g/mol. The predicted molar refractivity (Wildman–Crippen MR) is 88.2 cm³/mol. The Morgan fingerprint density at radius 2 is 2.23 bits per heavy atom. The summed E-state index contributed by atoms with van der Waals surface area (Å²) in [7, 11) is 0. The molecule has 0 saturated carbocycles. The molecule has 0 spiro atoms. The van der Waals surface area contributed by atoms with Gasteiger partial charge in [0.15, 0.2) is 0 Å². The third kappa shape index (κ3) is 2.12. The van der Waals surface area contributed by atoms with Crippen molar-refractivity contribution in [3.63, 3.8) is 0 Å². The van der Waals surface area contributed by atoms with Crippen molar-refractivity contribution >= 4 is 39.0 Å². The number of nitrogens with two attached hydrogens (primary N) is 1. The van der Waals surface area contributed by atoms with E-state index in [0.717, 1.165) is 35.2 Å². The van der Waals surface area contributed by atoms with Gasteiger partial charge in [0.1, 0.15) is 15.5 Å². The molecule has 3 aromatic heterocycles. The first kappa shape index (κ1) is 13.2. The van der Waals surface area contributed by atoms with Crippen molar-refractivity contribution in [3.05, 3.63) is 46.6 Å². The van der Waals surface area contributed by atoms with Crippen LogP contribution in [0.1, 0.15) is 27.3 Å². The van der Waals surface area contributed by atoms with E-state index < -0.39 is 0 Å². The molecule has 3 N–H and O–H groups in total. The second-order valence-corrected chi connectivity index (χ2v) is 6.31. The fourth-order valence-electron chi connectivity index (χ4n) is 2.78. The van der Waals surface area contributed by atoms with Crippen LogP contribution in [0, 0.1) is 0 Å². The van der Waals surface area contributed by atoms with E-state index in [2.05, 4.69) is 21.4 Å². The number of aromatic nitrogens is 2. The molecule has 0 aliphatic heterocycles. The van der Waals surface area contributed by atoms with Gasteiger partial charge in [-0.3, -0.25) is 4.79 Å². The topological polar surface area (TPSA) is 80.9 Å². The van der Waals surface area contributed by atoms with Crippen molar-refractivity contribution in [2.75, 3.05) is 11.1 Å². The highest BCUT2D eigenvalue weighted by molar-refractivity contribution is 7.21. The first-order valence-corrected chi connectivity index (χ1v) is 7.97. The third-order valence-electron chi connectivity index (χ3n) is 3.86. The number of anilines is 2. The number of aryl methyl sites for hydroxylation is 2. The number of carbonyl (C=O) groups excluding carboxylic acids is 1. The van der Waals surface area contributed by atoms with Crippen LogP contribution in [0.4, 0.5) is 11.5 Å². The molecule has 1 amide bonds. The second-order valence-electron chi connectivity index (χ2n) is 5.31. The van der Waals surface area contributed by atoms with Crippen molar-refractivity contribution in [2.24, 2.45) is 0 Å². The van der Waals surface area contributed by atoms with Crippen molar-refractivity contribution < 1.29 is 4.79 Å². The number of nitrogen functional groups attached to an aromatic ring is 1. The molecule has 0 aromatic carbocycles. The van der Waals surface area contributed by atoms with Gasteiger partial charge in [0, 0.05) is 17.3 Å². The highest BCUT2D eigenvalue weighted by Crippen LogP contribution is 2.36. The number of carbonyl (C=O) groups is 1. The maximum absolute atomic E-state index is 12.4. The Morgan fingerprint density at radius 1 is 1.32 bits per heavy atom. The summed E-state index contributed by atoms with van der Waals surface area (Å²) >= 11 is 1.34. The lowest BCUT2D eigenvalue weighted by Crippen LogP contribution is -2.12. The lowest BCUT2D eigenvalue weighted by atomic mass is 10.1. The minimum Gasteiger partial charge on any atom is -0.397 e. The fraction of sp³-hybridized carbons (Fsp3) is 0.188. The standard InChI is InChI=1S/C16H14N4OS/c17-13-10-8-9-4-3-5-11(9)19-16(10)22-14(13)15(21)20-12-6-1-2-7-18-12/h1-2,6-8H,3-5,17H2,(H,18,20,21). The summed E-state index contributed by atoms with van der Waals surface area (Å²) in [5.41, 5.74) is 9.09. The lowest BCUT2D eigenvalue weighted by Gasteiger charge is -2.02. The zero-order valence-electron chi connectivity index (χ0n) is 11.8. The summed E-state index contributed by atoms with van der Waals surface area (Å²) in [5.74, 6) is 0.277. The average Bonchev–Trinajstić information content (AvgIpc) is 3.11. The molecule has 0 radical (unpaired) electrons. The van der Waals surface area contributed by atoms with Gasteiger partial charge in [-0.1, -0.05) is 6.07 Å². The van der Waals surface area contributed by atoms with Crippen LogP contribution < -0.4 is 11.1 Å². The monoisotopic (exact) mass is 310 g/mol. The van der Waals surface area contributed by atoms with E-state index in [-0.39, 0.29) is 5.91 Å². The van der Waals surface area contributed by atoms with Gasteiger partial charge in [0.25, 0.3) is 5.91 Å². The summed E-state index contributed by atoms with van der Waals surface area (Å²) in [4.78, 5) is 22.5. The van der Waals surface area contributed by atoms with E-state index in [1.807, 2.05) is 6.07 Å². The van der Waals surface area contributed by atoms with Crippen LogP contribution in [0.2, 0.25) is 0 Å². The molecule has 0 bridgehead atoms. The van der Waals surface area contributed by atoms with Crippen LogP contribution >= 0.6 is 11.3 Å². The molecule has 3 heterocycles. The Kier molecular flexibility index (Phi) is 3.04. The van der Waals surface area contributed by atoms with Gasteiger partial charge in [-0.25, -0.2) is 9.97 Å². The fourth-order valence-corrected chi connectivity index (χ4v) is 3.77. The molecule has 0 unspecified atom stereocenters. The Bertz CT molecular complexity index is 873. The number of thiophene rings is 1. The van der Waals surface area contributed by atoms with E-state index in [4.69, 9.17) is 5.73 Å². The Morgan fingerprint density at radius 3 is 3.05 bits per heavy atom. The van der Waals surface area contributed by atoms with Gasteiger partial charge in [-0.15, -0.1) is 11.3 Å². The molecule has 4 rings (SSSR count). The number of pyridine rings is 2. The number of hydrogen-bond donors (Lipinski definition) is 2. The SMILES string of the molecule is Nc1c(C(=O)Nc2ccccn2)sc2nc3c(cc12)CCC3. The lowest BCUT2D eigenvalue weighted by molar-refractivity contribution is 0.103. The third-order valence-corrected chi connectivity index (χ3v) is 4.98. The first-order valence-electron chi connectivity index (χ1n) is 7.15. The van der Waals surface area contributed by atoms with Gasteiger partial charge in [0.05, 0.1) is 5.69 Å². The molecule has 5 nitrogen and oxygen atoms in total. The molecule has 1 aliphatic rings. The van der Waals surface area contributed by atoms with Crippen molar-refractivity contribution in [1.29, 1.82) is 0 Å². The number of fused-ring (bicyclic) bond motifs is 2. The van der Waals surface area contributed by atoms with Crippen LogP contribution in [0.3, 0.4) is 0 Å². The van der Waals surface area contributed by atoms with Gasteiger partial charge in [-0.05, 0) is 43.0 Å². The number of amides is 1. The van der Waals surface area contributed by atoms with Gasteiger partial charge >= 0.3 is 0 Å². The normalized spacial score (nSPS) is 13.3. The number of hydrogen-bond acceptors (Lipinski definition) is 5. The summed E-state index contributed by atoms with van der Waals surface area (Å²) in [5, 5.41) is 3.66. The zero-order valence-corrected chi connectivity index (χ0v) is 12.6. The molecule has 0 saturated heterocycles. The van der Waals surface area contributed by atoms with E-state index in [9.17, 15) is 4.79 Å². The summed E-state index contributed by atoms with van der Waals surface area (Å²) < 4.78 is 0. The highest BCUT2D eigenvalue weighted by atomic mass is 32.1. The Labute approximate surface area is 131 Å².